The van der Waals surface area contributed by atoms with Crippen molar-refractivity contribution >= 4 is 5.91 Å². The molecule has 1 aliphatic heterocycles. The molecule has 1 amide bonds. The molecule has 160 valence electrons. The van der Waals surface area contributed by atoms with Gasteiger partial charge in [-0.3, -0.25) is 9.48 Å². The quantitative estimate of drug-likeness (QED) is 0.569. The second kappa shape index (κ2) is 7.59. The van der Waals surface area contributed by atoms with E-state index in [0.29, 0.717) is 28.9 Å². The first-order valence-electron chi connectivity index (χ1n) is 10.9. The lowest BCUT2D eigenvalue weighted by Gasteiger charge is -2.22. The molecule has 2 aliphatic rings. The Morgan fingerprint density at radius 2 is 1.90 bits per heavy atom. The number of fused-ring (bicyclic) bond motifs is 1. The Hall–Kier alpha value is -3.02. The highest BCUT2D eigenvalue weighted by molar-refractivity contribution is 5.99. The lowest BCUT2D eigenvalue weighted by atomic mass is 9.89. The predicted octanol–water partition coefficient (Wildman–Crippen LogP) is 5.25. The summed E-state index contributed by atoms with van der Waals surface area (Å²) in [4.78, 5) is 18.8. The van der Waals surface area contributed by atoms with Crippen molar-refractivity contribution in [1.82, 2.24) is 19.7 Å². The molecule has 3 aromatic rings. The van der Waals surface area contributed by atoms with Gasteiger partial charge in [-0.25, -0.2) is 9.37 Å². The van der Waals surface area contributed by atoms with Gasteiger partial charge in [-0.1, -0.05) is 38.0 Å². The maximum atomic E-state index is 13.4. The van der Waals surface area contributed by atoms with Gasteiger partial charge in [0, 0.05) is 48.6 Å². The molecule has 3 heterocycles. The van der Waals surface area contributed by atoms with E-state index in [2.05, 4.69) is 23.2 Å². The van der Waals surface area contributed by atoms with Gasteiger partial charge in [-0.05, 0) is 36.0 Å². The van der Waals surface area contributed by atoms with Crippen LogP contribution in [-0.2, 0) is 19.8 Å². The average molecular weight is 419 g/mol. The van der Waals surface area contributed by atoms with Crippen LogP contribution < -0.4 is 0 Å². The lowest BCUT2D eigenvalue weighted by Crippen LogP contribution is -2.19. The second-order valence-corrected chi connectivity index (χ2v) is 9.31. The maximum absolute atomic E-state index is 13.4. The van der Waals surface area contributed by atoms with Gasteiger partial charge in [0.25, 0.3) is 5.91 Å². The summed E-state index contributed by atoms with van der Waals surface area (Å²) < 4.78 is 15.4. The minimum absolute atomic E-state index is 0.0117. The summed E-state index contributed by atoms with van der Waals surface area (Å²) in [5.74, 6) is 0.0117. The van der Waals surface area contributed by atoms with Crippen LogP contribution in [0.3, 0.4) is 0 Å². The Morgan fingerprint density at radius 1 is 1.10 bits per heavy atom. The molecule has 2 aromatic heterocycles. The predicted molar refractivity (Wildman–Crippen MR) is 118 cm³/mol. The van der Waals surface area contributed by atoms with Gasteiger partial charge in [-0.2, -0.15) is 5.10 Å². The van der Waals surface area contributed by atoms with Gasteiger partial charge >= 0.3 is 0 Å². The number of carbonyl (C=O) groups is 1. The van der Waals surface area contributed by atoms with Gasteiger partial charge in [-0.15, -0.1) is 0 Å². The highest BCUT2D eigenvalue weighted by Gasteiger charge is 2.29. The standard InChI is InChI=1S/C25H27FN4O/c1-25(9-3-4-10-25)16-30-15-19(13-27-30)21-8-7-20(12-26)28-23(21)17-5-6-18-14-29(2)24(31)22(18)11-17/h5-8,11,13,15H,3-4,9-10,12,14,16H2,1-2H3. The molecule has 0 bridgehead atoms. The minimum atomic E-state index is -0.627. The molecular weight excluding hydrogens is 391 g/mol. The van der Waals surface area contributed by atoms with Gasteiger partial charge < -0.3 is 4.90 Å². The monoisotopic (exact) mass is 418 g/mol. The van der Waals surface area contributed by atoms with Gasteiger partial charge in [0.1, 0.15) is 6.67 Å². The van der Waals surface area contributed by atoms with Crippen molar-refractivity contribution in [3.8, 4) is 22.4 Å². The zero-order chi connectivity index (χ0) is 21.6. The molecule has 1 fully saturated rings. The normalized spacial score (nSPS) is 17.4. The molecule has 6 heteroatoms. The topological polar surface area (TPSA) is 51.0 Å². The van der Waals surface area contributed by atoms with E-state index in [1.807, 2.05) is 35.1 Å². The molecule has 1 aliphatic carbocycles. The van der Waals surface area contributed by atoms with Crippen LogP contribution >= 0.6 is 0 Å². The minimum Gasteiger partial charge on any atom is -0.337 e. The van der Waals surface area contributed by atoms with E-state index in [4.69, 9.17) is 0 Å². The summed E-state index contributed by atoms with van der Waals surface area (Å²) in [5, 5.41) is 4.61. The van der Waals surface area contributed by atoms with E-state index in [-0.39, 0.29) is 5.91 Å². The molecule has 1 aromatic carbocycles. The molecule has 0 saturated heterocycles. The molecule has 0 radical (unpaired) electrons. The van der Waals surface area contributed by atoms with Crippen molar-refractivity contribution in [3.05, 3.63) is 59.5 Å². The lowest BCUT2D eigenvalue weighted by molar-refractivity contribution is 0.0816. The number of nitrogens with zero attached hydrogens (tertiary/aromatic N) is 4. The maximum Gasteiger partial charge on any atom is 0.254 e. The fraction of sp³-hybridized carbons (Fsp3) is 0.400. The molecule has 1 saturated carbocycles. The molecule has 0 unspecified atom stereocenters. The van der Waals surface area contributed by atoms with Crippen LogP contribution in [0.25, 0.3) is 22.4 Å². The summed E-state index contributed by atoms with van der Waals surface area (Å²) in [5.41, 5.74) is 5.76. The van der Waals surface area contributed by atoms with Crippen LogP contribution in [-0.4, -0.2) is 32.6 Å². The van der Waals surface area contributed by atoms with E-state index in [1.165, 1.54) is 25.7 Å². The zero-order valence-electron chi connectivity index (χ0n) is 18.1. The van der Waals surface area contributed by atoms with E-state index < -0.39 is 6.67 Å². The van der Waals surface area contributed by atoms with E-state index >= 15 is 0 Å². The number of alkyl halides is 1. The molecule has 31 heavy (non-hydrogen) atoms. The van der Waals surface area contributed by atoms with Crippen molar-refractivity contribution in [2.24, 2.45) is 5.41 Å². The van der Waals surface area contributed by atoms with Crippen LogP contribution in [0.4, 0.5) is 4.39 Å². The summed E-state index contributed by atoms with van der Waals surface area (Å²) in [7, 11) is 1.80. The average Bonchev–Trinajstić information content (AvgIpc) is 3.48. The number of halogens is 1. The van der Waals surface area contributed by atoms with Crippen molar-refractivity contribution in [1.29, 1.82) is 0 Å². The zero-order valence-corrected chi connectivity index (χ0v) is 18.1. The number of hydrogen-bond donors (Lipinski definition) is 0. The van der Waals surface area contributed by atoms with Crippen molar-refractivity contribution < 1.29 is 9.18 Å². The SMILES string of the molecule is CN1Cc2ccc(-c3nc(CF)ccc3-c3cnn(CC4(C)CCCC4)c3)cc2C1=O. The third-order valence-corrected chi connectivity index (χ3v) is 6.76. The molecular formula is C25H27FN4O. The summed E-state index contributed by atoms with van der Waals surface area (Å²) in [6, 6.07) is 9.48. The Balaban J connectivity index is 1.54. The Bertz CT molecular complexity index is 1150. The number of pyridine rings is 1. The first-order chi connectivity index (χ1) is 15.0. The molecule has 0 spiro atoms. The fourth-order valence-electron chi connectivity index (χ4n) is 4.99. The largest absolute Gasteiger partial charge is 0.337 e. The van der Waals surface area contributed by atoms with Gasteiger partial charge in [0.2, 0.25) is 0 Å². The number of aromatic nitrogens is 3. The number of amides is 1. The first kappa shape index (κ1) is 19.9. The van der Waals surface area contributed by atoms with Crippen LogP contribution in [0, 0.1) is 5.41 Å². The second-order valence-electron chi connectivity index (χ2n) is 9.31. The Morgan fingerprint density at radius 3 is 2.68 bits per heavy atom. The third-order valence-electron chi connectivity index (χ3n) is 6.76. The molecule has 0 N–H and O–H groups in total. The Kier molecular flexibility index (Phi) is 4.88. The molecule has 5 nitrogen and oxygen atoms in total. The third kappa shape index (κ3) is 3.64. The highest BCUT2D eigenvalue weighted by atomic mass is 19.1. The smallest absolute Gasteiger partial charge is 0.254 e. The first-order valence-corrected chi connectivity index (χ1v) is 10.9. The van der Waals surface area contributed by atoms with E-state index in [0.717, 1.165) is 28.8 Å². The summed E-state index contributed by atoms with van der Waals surface area (Å²) >= 11 is 0. The number of rotatable bonds is 5. The van der Waals surface area contributed by atoms with Crippen LogP contribution in [0.1, 0.15) is 54.2 Å². The fourth-order valence-corrected chi connectivity index (χ4v) is 4.99. The number of hydrogen-bond acceptors (Lipinski definition) is 3. The highest BCUT2D eigenvalue weighted by Crippen LogP contribution is 2.39. The van der Waals surface area contributed by atoms with Crippen LogP contribution in [0.2, 0.25) is 0 Å². The number of carbonyl (C=O) groups excluding carboxylic acids is 1. The Labute approximate surface area is 181 Å². The van der Waals surface area contributed by atoms with Crippen LogP contribution in [0.5, 0.6) is 0 Å². The summed E-state index contributed by atoms with van der Waals surface area (Å²) in [6.45, 7) is 3.23. The van der Waals surface area contributed by atoms with Gasteiger partial charge in [0.05, 0.1) is 17.6 Å². The van der Waals surface area contributed by atoms with Crippen molar-refractivity contribution in [2.75, 3.05) is 7.05 Å². The molecule has 0 atom stereocenters. The van der Waals surface area contributed by atoms with E-state index in [1.54, 1.807) is 18.0 Å². The van der Waals surface area contributed by atoms with Crippen molar-refractivity contribution in [3.63, 3.8) is 0 Å². The number of benzene rings is 1. The van der Waals surface area contributed by atoms with E-state index in [9.17, 15) is 9.18 Å². The van der Waals surface area contributed by atoms with Crippen molar-refractivity contribution in [2.45, 2.75) is 52.4 Å². The van der Waals surface area contributed by atoms with Gasteiger partial charge in [0.15, 0.2) is 0 Å². The molecule has 5 rings (SSSR count). The summed E-state index contributed by atoms with van der Waals surface area (Å²) in [6.07, 6.45) is 8.96. The van der Waals surface area contributed by atoms with Crippen LogP contribution in [0.15, 0.2) is 42.7 Å².